The van der Waals surface area contributed by atoms with E-state index < -0.39 is 17.6 Å². The first-order valence-corrected chi connectivity index (χ1v) is 14.5. The van der Waals surface area contributed by atoms with E-state index in [-0.39, 0.29) is 42.4 Å². The normalized spacial score (nSPS) is 20.2. The highest BCUT2D eigenvalue weighted by atomic mass is 35.5. The lowest BCUT2D eigenvalue weighted by atomic mass is 9.82. The highest BCUT2D eigenvalue weighted by molar-refractivity contribution is 6.35. The molecule has 7 rings (SSSR count). The fraction of sp³-hybridized carbons (Fsp3) is 0.312. The molecule has 0 bridgehead atoms. The van der Waals surface area contributed by atoms with Gasteiger partial charge < -0.3 is 25.3 Å². The Hall–Kier alpha value is -4.51. The van der Waals surface area contributed by atoms with Gasteiger partial charge >= 0.3 is 6.29 Å². The first kappa shape index (κ1) is 28.3. The van der Waals surface area contributed by atoms with Crippen molar-refractivity contribution in [1.82, 2.24) is 15.3 Å². The predicted octanol–water partition coefficient (Wildman–Crippen LogP) is 5.64. The second-order valence-electron chi connectivity index (χ2n) is 11.8. The molecule has 1 aliphatic carbocycles. The molecule has 0 radical (unpaired) electrons. The Morgan fingerprint density at radius 3 is 2.66 bits per heavy atom. The molecule has 1 saturated carbocycles. The molecule has 12 heteroatoms. The monoisotopic (exact) mass is 620 g/mol. The van der Waals surface area contributed by atoms with Crippen molar-refractivity contribution in [2.75, 3.05) is 13.2 Å². The molecule has 2 amide bonds. The van der Waals surface area contributed by atoms with Gasteiger partial charge in [0.25, 0.3) is 5.91 Å². The number of nitrogens with zero attached hydrogens (tertiary/aromatic N) is 2. The number of alkyl halides is 2. The van der Waals surface area contributed by atoms with E-state index in [0.29, 0.717) is 44.4 Å². The van der Waals surface area contributed by atoms with Gasteiger partial charge in [-0.25, -0.2) is 4.98 Å². The van der Waals surface area contributed by atoms with Gasteiger partial charge in [0.05, 0.1) is 10.5 Å². The van der Waals surface area contributed by atoms with Crippen LogP contribution in [-0.2, 0) is 10.2 Å². The summed E-state index contributed by atoms with van der Waals surface area (Å²) in [4.78, 5) is 35.3. The highest BCUT2D eigenvalue weighted by Crippen LogP contribution is 2.50. The van der Waals surface area contributed by atoms with Crippen LogP contribution in [0.2, 0.25) is 5.02 Å². The lowest BCUT2D eigenvalue weighted by molar-refractivity contribution is -0.286. The molecular formula is C32H27ClF2N4O5. The van der Waals surface area contributed by atoms with Crippen LogP contribution in [0.25, 0.3) is 22.2 Å². The summed E-state index contributed by atoms with van der Waals surface area (Å²) in [5.41, 5.74) is 8.61. The Kier molecular flexibility index (Phi) is 6.44. The van der Waals surface area contributed by atoms with Crippen LogP contribution in [0.5, 0.6) is 17.2 Å². The van der Waals surface area contributed by atoms with E-state index in [9.17, 15) is 18.4 Å². The van der Waals surface area contributed by atoms with Gasteiger partial charge in [-0.1, -0.05) is 11.6 Å². The molecule has 1 fully saturated rings. The Labute approximate surface area is 255 Å². The van der Waals surface area contributed by atoms with Gasteiger partial charge in [0, 0.05) is 46.4 Å². The largest absolute Gasteiger partial charge is 0.586 e. The number of primary amides is 1. The Balaban J connectivity index is 1.25. The molecule has 9 nitrogen and oxygen atoms in total. The van der Waals surface area contributed by atoms with Crippen molar-refractivity contribution in [3.05, 3.63) is 76.1 Å². The molecule has 2 aliphatic heterocycles. The maximum Gasteiger partial charge on any atom is 0.586 e. The van der Waals surface area contributed by atoms with E-state index in [1.54, 1.807) is 31.3 Å². The SMILES string of the molecule is Cc1cnc2c(Cl)cc(C(=O)NC[C@H](c3cc4c(c(-c5ccc6c(c5)OC(F)(F)O6)n3)OC[C@]4(C)C(N)=O)C3CC3)cc2c1. The first-order valence-electron chi connectivity index (χ1n) is 14.1. The maximum atomic E-state index is 13.8. The third kappa shape index (κ3) is 4.85. The summed E-state index contributed by atoms with van der Waals surface area (Å²) in [5, 5.41) is 4.18. The van der Waals surface area contributed by atoms with Crippen LogP contribution in [0.15, 0.2) is 48.7 Å². The van der Waals surface area contributed by atoms with Crippen LogP contribution >= 0.6 is 11.6 Å². The van der Waals surface area contributed by atoms with Crippen LogP contribution in [0.3, 0.4) is 0 Å². The van der Waals surface area contributed by atoms with Crippen LogP contribution in [-0.4, -0.2) is 41.2 Å². The summed E-state index contributed by atoms with van der Waals surface area (Å²) in [5.74, 6) is -0.753. The Bertz CT molecular complexity index is 1880. The van der Waals surface area contributed by atoms with Gasteiger partial charge in [0.15, 0.2) is 11.5 Å². The van der Waals surface area contributed by atoms with E-state index in [2.05, 4.69) is 19.8 Å². The topological polar surface area (TPSA) is 126 Å². The summed E-state index contributed by atoms with van der Waals surface area (Å²) < 4.78 is 42.7. The van der Waals surface area contributed by atoms with Crippen LogP contribution < -0.4 is 25.3 Å². The Morgan fingerprint density at radius 2 is 1.91 bits per heavy atom. The summed E-state index contributed by atoms with van der Waals surface area (Å²) >= 11 is 6.45. The Morgan fingerprint density at radius 1 is 1.14 bits per heavy atom. The van der Waals surface area contributed by atoms with Crippen molar-refractivity contribution in [3.63, 3.8) is 0 Å². The number of amides is 2. The second kappa shape index (κ2) is 10.0. The van der Waals surface area contributed by atoms with Crippen molar-refractivity contribution in [3.8, 4) is 28.5 Å². The molecule has 44 heavy (non-hydrogen) atoms. The zero-order valence-electron chi connectivity index (χ0n) is 23.7. The number of halogens is 3. The molecular weight excluding hydrogens is 594 g/mol. The van der Waals surface area contributed by atoms with E-state index in [1.807, 2.05) is 19.1 Å². The quantitative estimate of drug-likeness (QED) is 0.274. The third-order valence-corrected chi connectivity index (χ3v) is 8.79. The van der Waals surface area contributed by atoms with Crippen molar-refractivity contribution >= 4 is 34.3 Å². The number of benzene rings is 2. The molecule has 0 saturated heterocycles. The van der Waals surface area contributed by atoms with Crippen LogP contribution in [0, 0.1) is 12.8 Å². The minimum atomic E-state index is -3.78. The van der Waals surface area contributed by atoms with E-state index in [4.69, 9.17) is 27.1 Å². The average molecular weight is 621 g/mol. The molecule has 0 spiro atoms. The molecule has 3 N–H and O–H groups in total. The zero-order chi connectivity index (χ0) is 31.0. The number of fused-ring (bicyclic) bond motifs is 3. The van der Waals surface area contributed by atoms with E-state index >= 15 is 0 Å². The summed E-state index contributed by atoms with van der Waals surface area (Å²) in [6.07, 6.45) is -0.188. The molecule has 2 aromatic heterocycles. The fourth-order valence-electron chi connectivity index (χ4n) is 5.85. The zero-order valence-corrected chi connectivity index (χ0v) is 24.5. The smallest absolute Gasteiger partial charge is 0.489 e. The number of rotatable bonds is 7. The molecule has 4 heterocycles. The lowest BCUT2D eigenvalue weighted by Crippen LogP contribution is -2.40. The van der Waals surface area contributed by atoms with E-state index in [1.165, 1.54) is 12.1 Å². The third-order valence-electron chi connectivity index (χ3n) is 8.50. The number of nitrogens with two attached hydrogens (primary N) is 1. The maximum absolute atomic E-state index is 13.8. The van der Waals surface area contributed by atoms with Gasteiger partial charge in [0.2, 0.25) is 5.91 Å². The number of carbonyl (C=O) groups is 2. The van der Waals surface area contributed by atoms with Gasteiger partial charge in [-0.2, -0.15) is 0 Å². The number of aromatic nitrogens is 2. The van der Waals surface area contributed by atoms with E-state index in [0.717, 1.165) is 23.8 Å². The van der Waals surface area contributed by atoms with Crippen LogP contribution in [0.1, 0.15) is 52.9 Å². The summed E-state index contributed by atoms with van der Waals surface area (Å²) in [6.45, 7) is 3.87. The van der Waals surface area contributed by atoms with Gasteiger partial charge in [0.1, 0.15) is 23.5 Å². The number of hydrogen-bond donors (Lipinski definition) is 2. The summed E-state index contributed by atoms with van der Waals surface area (Å²) in [7, 11) is 0. The predicted molar refractivity (Wildman–Crippen MR) is 157 cm³/mol. The number of aryl methyl sites for hydroxylation is 1. The van der Waals surface area contributed by atoms with Crippen molar-refractivity contribution in [2.24, 2.45) is 11.7 Å². The molecule has 4 aromatic rings. The molecule has 3 aliphatic rings. The minimum absolute atomic E-state index is 0.000306. The second-order valence-corrected chi connectivity index (χ2v) is 12.2. The number of pyridine rings is 2. The number of hydrogen-bond acceptors (Lipinski definition) is 7. The van der Waals surface area contributed by atoms with Crippen LogP contribution in [0.4, 0.5) is 8.78 Å². The fourth-order valence-corrected chi connectivity index (χ4v) is 6.13. The van der Waals surface area contributed by atoms with Crippen molar-refractivity contribution in [1.29, 1.82) is 0 Å². The van der Waals surface area contributed by atoms with Gasteiger partial charge in [-0.3, -0.25) is 14.6 Å². The highest BCUT2D eigenvalue weighted by Gasteiger charge is 2.46. The molecule has 0 unspecified atom stereocenters. The molecule has 2 aromatic carbocycles. The standard InChI is InChI=1S/C32H27ClF2N4O5/c1-15-7-18-8-19(9-22(33)26(18)37-12-15)29(40)38-13-20(16-3-4-16)23-11-21-28(42-14-31(21,2)30(36)41)27(39-23)17-5-6-24-25(10-17)44-32(34,35)43-24/h5-12,16,20H,3-4,13-14H2,1-2H3,(H2,36,41)(H,38,40)/t20-,31-/m0/s1. The van der Waals surface area contributed by atoms with Gasteiger partial charge in [-0.05, 0) is 80.6 Å². The van der Waals surface area contributed by atoms with Gasteiger partial charge in [-0.15, -0.1) is 8.78 Å². The minimum Gasteiger partial charge on any atom is -0.489 e. The summed E-state index contributed by atoms with van der Waals surface area (Å²) in [6, 6.07) is 11.4. The van der Waals surface area contributed by atoms with Crippen molar-refractivity contribution in [2.45, 2.75) is 44.3 Å². The van der Waals surface area contributed by atoms with Crippen molar-refractivity contribution < 1.29 is 32.6 Å². The average Bonchev–Trinajstić information content (AvgIpc) is 3.67. The number of ether oxygens (including phenoxy) is 3. The molecule has 2 atom stereocenters. The first-order chi connectivity index (χ1) is 20.9. The number of carbonyl (C=O) groups excluding carboxylic acids is 2. The molecule has 226 valence electrons. The lowest BCUT2D eigenvalue weighted by Gasteiger charge is -2.22. The number of nitrogens with one attached hydrogen (secondary N) is 1.